The molecule has 0 saturated carbocycles. The molecule has 132 valence electrons. The molecule has 3 N–H and O–H groups in total. The highest BCUT2D eigenvalue weighted by Crippen LogP contribution is 2.25. The molecule has 1 aliphatic rings. The topological polar surface area (TPSA) is 96.0 Å². The molecule has 1 amide bonds. The van der Waals surface area contributed by atoms with Gasteiger partial charge in [0, 0.05) is 7.05 Å². The molecule has 0 bridgehead atoms. The molecular weight excluding hydrogens is 327 g/mol. The Labute approximate surface area is 136 Å². The molecule has 0 radical (unpaired) electrons. The van der Waals surface area contributed by atoms with Crippen molar-refractivity contribution < 1.29 is 27.9 Å². The average Bonchev–Trinajstić information content (AvgIpc) is 2.70. The van der Waals surface area contributed by atoms with E-state index in [1.165, 1.54) is 10.5 Å². The molecule has 0 fully saturated rings. The van der Waals surface area contributed by atoms with Gasteiger partial charge in [0.2, 0.25) is 0 Å². The van der Waals surface area contributed by atoms with Crippen LogP contribution in [0.25, 0.3) is 0 Å². The van der Waals surface area contributed by atoms with Crippen molar-refractivity contribution in [3.8, 4) is 0 Å². The Hall–Kier alpha value is -2.58. The number of aryl methyl sites for hydroxylation is 1. The number of amides is 1. The maximum Gasteiger partial charge on any atom is 0.490 e. The smallest absolute Gasteiger partial charge is 0.475 e. The molecule has 1 atom stereocenters. The van der Waals surface area contributed by atoms with Gasteiger partial charge in [0.15, 0.2) is 5.96 Å². The van der Waals surface area contributed by atoms with Gasteiger partial charge in [-0.3, -0.25) is 9.69 Å². The second-order valence-corrected chi connectivity index (χ2v) is 5.40. The van der Waals surface area contributed by atoms with E-state index in [-0.39, 0.29) is 5.91 Å². The minimum atomic E-state index is -5.08. The first-order chi connectivity index (χ1) is 11.0. The molecule has 0 aliphatic carbocycles. The number of aliphatic imine (C=N–C) groups is 1. The lowest BCUT2D eigenvalue weighted by Gasteiger charge is -2.19. The number of aliphatic carboxylic acids is 1. The third kappa shape index (κ3) is 4.97. The van der Waals surface area contributed by atoms with Gasteiger partial charge in [-0.25, -0.2) is 9.79 Å². The Morgan fingerprint density at radius 1 is 1.33 bits per heavy atom. The number of rotatable bonds is 3. The number of carboxylic acids is 1. The molecule has 9 heteroatoms. The van der Waals surface area contributed by atoms with Crippen LogP contribution < -0.4 is 5.73 Å². The largest absolute Gasteiger partial charge is 0.490 e. The monoisotopic (exact) mass is 345 g/mol. The molecule has 1 aliphatic heterocycles. The Morgan fingerprint density at radius 2 is 1.83 bits per heavy atom. The van der Waals surface area contributed by atoms with Gasteiger partial charge < -0.3 is 10.8 Å². The van der Waals surface area contributed by atoms with Gasteiger partial charge in [-0.2, -0.15) is 13.2 Å². The molecule has 6 nitrogen and oxygen atoms in total. The van der Waals surface area contributed by atoms with Gasteiger partial charge in [0.25, 0.3) is 5.91 Å². The van der Waals surface area contributed by atoms with E-state index in [4.69, 9.17) is 15.6 Å². The fourth-order valence-corrected chi connectivity index (χ4v) is 2.04. The number of hydrogen-bond donors (Lipinski definition) is 2. The van der Waals surface area contributed by atoms with Crippen LogP contribution in [0, 0.1) is 0 Å². The summed E-state index contributed by atoms with van der Waals surface area (Å²) in [6.45, 7) is 1.84. The summed E-state index contributed by atoms with van der Waals surface area (Å²) >= 11 is 0. The van der Waals surface area contributed by atoms with Crippen LogP contribution in [0.3, 0.4) is 0 Å². The average molecular weight is 345 g/mol. The molecule has 1 unspecified atom stereocenters. The van der Waals surface area contributed by atoms with E-state index in [2.05, 4.69) is 17.1 Å². The van der Waals surface area contributed by atoms with Crippen molar-refractivity contribution in [2.45, 2.75) is 31.5 Å². The first kappa shape index (κ1) is 19.5. The summed E-state index contributed by atoms with van der Waals surface area (Å²) in [6.07, 6.45) is -3.57. The van der Waals surface area contributed by atoms with E-state index in [0.29, 0.717) is 12.4 Å². The summed E-state index contributed by atoms with van der Waals surface area (Å²) in [5.74, 6) is -2.47. The summed E-state index contributed by atoms with van der Waals surface area (Å²) in [6, 6.07) is 10.1. The number of nitrogens with two attached hydrogens (primary N) is 1. The number of carbonyl (C=O) groups excluding carboxylic acids is 1. The highest BCUT2D eigenvalue weighted by molar-refractivity contribution is 6.06. The Bertz CT molecular complexity index is 632. The minimum absolute atomic E-state index is 0.0223. The molecule has 0 aromatic heterocycles. The fraction of sp³-hybridized carbons (Fsp3) is 0.400. The van der Waals surface area contributed by atoms with E-state index in [9.17, 15) is 18.0 Å². The Kier molecular flexibility index (Phi) is 5.94. The number of carboxylic acid groups (broad SMARTS) is 1. The zero-order chi connectivity index (χ0) is 18.5. The van der Waals surface area contributed by atoms with Crippen LogP contribution in [0.1, 0.15) is 18.9 Å². The van der Waals surface area contributed by atoms with Gasteiger partial charge in [-0.05, 0) is 25.3 Å². The number of halogens is 3. The van der Waals surface area contributed by atoms with Gasteiger partial charge >= 0.3 is 12.1 Å². The van der Waals surface area contributed by atoms with Crippen LogP contribution in [-0.4, -0.2) is 46.6 Å². The zero-order valence-corrected chi connectivity index (χ0v) is 13.2. The Morgan fingerprint density at radius 3 is 2.21 bits per heavy atom. The second kappa shape index (κ2) is 7.33. The third-order valence-electron chi connectivity index (χ3n) is 3.46. The summed E-state index contributed by atoms with van der Waals surface area (Å²) in [7, 11) is 1.66. The molecule has 1 aromatic rings. The minimum Gasteiger partial charge on any atom is -0.475 e. The second-order valence-electron chi connectivity index (χ2n) is 5.40. The van der Waals surface area contributed by atoms with E-state index in [1.807, 2.05) is 25.1 Å². The quantitative estimate of drug-likeness (QED) is 0.873. The third-order valence-corrected chi connectivity index (χ3v) is 3.46. The highest BCUT2D eigenvalue weighted by atomic mass is 19.4. The molecular formula is C15H18F3N3O3. The SMILES string of the molecule is CN1C(=O)C(C)(CCc2ccccc2)N=C1N.O=C(O)C(F)(F)F. The van der Waals surface area contributed by atoms with Crippen molar-refractivity contribution in [2.75, 3.05) is 7.05 Å². The van der Waals surface area contributed by atoms with E-state index < -0.39 is 17.7 Å². The molecule has 0 saturated heterocycles. The first-order valence-corrected chi connectivity index (χ1v) is 6.95. The van der Waals surface area contributed by atoms with Crippen molar-refractivity contribution in [3.05, 3.63) is 35.9 Å². The molecule has 1 aromatic carbocycles. The fourth-order valence-electron chi connectivity index (χ4n) is 2.04. The van der Waals surface area contributed by atoms with Gasteiger partial charge in [-0.1, -0.05) is 30.3 Å². The van der Waals surface area contributed by atoms with Crippen molar-refractivity contribution in [2.24, 2.45) is 10.7 Å². The van der Waals surface area contributed by atoms with Gasteiger partial charge in [0.05, 0.1) is 0 Å². The molecule has 0 spiro atoms. The van der Waals surface area contributed by atoms with Crippen molar-refractivity contribution >= 4 is 17.8 Å². The normalized spacial score (nSPS) is 20.3. The van der Waals surface area contributed by atoms with E-state index in [1.54, 1.807) is 7.05 Å². The van der Waals surface area contributed by atoms with Gasteiger partial charge in [0.1, 0.15) is 5.54 Å². The number of nitrogens with zero attached hydrogens (tertiary/aromatic N) is 2. The number of alkyl halides is 3. The summed E-state index contributed by atoms with van der Waals surface area (Å²) in [5, 5.41) is 7.12. The predicted octanol–water partition coefficient (Wildman–Crippen LogP) is 1.80. The predicted molar refractivity (Wildman–Crippen MR) is 81.3 cm³/mol. The summed E-state index contributed by atoms with van der Waals surface area (Å²) in [4.78, 5) is 26.6. The van der Waals surface area contributed by atoms with Crippen molar-refractivity contribution in [1.29, 1.82) is 0 Å². The lowest BCUT2D eigenvalue weighted by atomic mass is 9.93. The van der Waals surface area contributed by atoms with Crippen molar-refractivity contribution in [1.82, 2.24) is 4.90 Å². The van der Waals surface area contributed by atoms with E-state index in [0.717, 1.165) is 6.42 Å². The lowest BCUT2D eigenvalue weighted by molar-refractivity contribution is -0.192. The Balaban J connectivity index is 0.000000351. The summed E-state index contributed by atoms with van der Waals surface area (Å²) < 4.78 is 31.7. The maximum atomic E-state index is 12.0. The molecule has 24 heavy (non-hydrogen) atoms. The maximum absolute atomic E-state index is 12.0. The molecule has 2 rings (SSSR count). The van der Waals surface area contributed by atoms with Gasteiger partial charge in [-0.15, -0.1) is 0 Å². The standard InChI is InChI=1S/C13H17N3O.C2HF3O2/c1-13(11(17)16(2)12(14)15-13)9-8-10-6-4-3-5-7-10;3-2(4,5)1(6)7/h3-7H,8-9H2,1-2H3,(H2,14,15);(H,6,7). The van der Waals surface area contributed by atoms with Crippen LogP contribution in [0.5, 0.6) is 0 Å². The lowest BCUT2D eigenvalue weighted by Crippen LogP contribution is -2.40. The number of benzene rings is 1. The number of hydrogen-bond acceptors (Lipinski definition) is 4. The number of guanidine groups is 1. The van der Waals surface area contributed by atoms with E-state index >= 15 is 0 Å². The van der Waals surface area contributed by atoms with Crippen LogP contribution in [-0.2, 0) is 16.0 Å². The number of carbonyl (C=O) groups is 2. The van der Waals surface area contributed by atoms with Crippen LogP contribution in [0.2, 0.25) is 0 Å². The number of likely N-dealkylation sites (N-methyl/N-ethyl adjacent to an activating group) is 1. The van der Waals surface area contributed by atoms with Crippen molar-refractivity contribution in [3.63, 3.8) is 0 Å². The zero-order valence-electron chi connectivity index (χ0n) is 13.2. The van der Waals surface area contributed by atoms with Crippen LogP contribution in [0.4, 0.5) is 13.2 Å². The summed E-state index contributed by atoms with van der Waals surface area (Å²) in [5.41, 5.74) is 6.18. The first-order valence-electron chi connectivity index (χ1n) is 6.95. The van der Waals surface area contributed by atoms with Crippen LogP contribution >= 0.6 is 0 Å². The van der Waals surface area contributed by atoms with Crippen LogP contribution in [0.15, 0.2) is 35.3 Å². The molecule has 1 heterocycles. The highest BCUT2D eigenvalue weighted by Gasteiger charge is 2.41.